The Morgan fingerprint density at radius 2 is 1.34 bits per heavy atom. The van der Waals surface area contributed by atoms with E-state index in [0.29, 0.717) is 12.3 Å². The minimum absolute atomic E-state index is 0.487. The molecule has 8 nitrogen and oxygen atoms in total. The number of hydrogen-bond acceptors (Lipinski definition) is 4. The molecule has 0 aliphatic heterocycles. The third-order valence-corrected chi connectivity index (χ3v) is 4.34. The Morgan fingerprint density at radius 1 is 0.793 bits per heavy atom. The van der Waals surface area contributed by atoms with Crippen molar-refractivity contribution in [3.8, 4) is 5.75 Å². The number of ether oxygens (including phenoxy) is 1. The fraction of sp³-hybridized carbons (Fsp3) is 0.571. The zero-order valence-electron chi connectivity index (χ0n) is 17.3. The van der Waals surface area contributed by atoms with E-state index in [1.165, 1.54) is 57.8 Å². The number of urea groups is 3. The van der Waals surface area contributed by atoms with Gasteiger partial charge in [0.15, 0.2) is 0 Å². The van der Waals surface area contributed by atoms with Crippen molar-refractivity contribution in [3.63, 3.8) is 0 Å². The smallest absolute Gasteiger partial charge is 0.330 e. The van der Waals surface area contributed by atoms with Crippen LogP contribution in [0.25, 0.3) is 0 Å². The molecule has 0 unspecified atom stereocenters. The summed E-state index contributed by atoms with van der Waals surface area (Å²) in [6.45, 7) is 2.90. The molecule has 8 heteroatoms. The molecule has 0 saturated heterocycles. The number of nitrogens with two attached hydrogens (primary N) is 1. The molecular formula is C21H34N4O4. The highest BCUT2D eigenvalue weighted by molar-refractivity contribution is 6.04. The Kier molecular flexibility index (Phi) is 12.7. The summed E-state index contributed by atoms with van der Waals surface area (Å²) in [6.07, 6.45) is 12.8. The van der Waals surface area contributed by atoms with Gasteiger partial charge in [-0.3, -0.25) is 10.6 Å². The molecule has 0 aliphatic carbocycles. The molecule has 0 fully saturated rings. The fourth-order valence-electron chi connectivity index (χ4n) is 2.82. The van der Waals surface area contributed by atoms with Crippen LogP contribution in [0.5, 0.6) is 5.75 Å². The molecule has 5 N–H and O–H groups in total. The van der Waals surface area contributed by atoms with Gasteiger partial charge in [-0.05, 0) is 30.7 Å². The molecule has 29 heavy (non-hydrogen) atoms. The highest BCUT2D eigenvalue weighted by atomic mass is 16.5. The van der Waals surface area contributed by atoms with Crippen LogP contribution in [0.15, 0.2) is 24.3 Å². The topological polar surface area (TPSA) is 123 Å². The minimum Gasteiger partial charge on any atom is -0.494 e. The molecule has 0 heterocycles. The molecule has 0 spiro atoms. The predicted molar refractivity (Wildman–Crippen MR) is 114 cm³/mol. The lowest BCUT2D eigenvalue weighted by molar-refractivity contribution is 0.228. The molecule has 0 atom stereocenters. The maximum Gasteiger partial charge on any atom is 0.330 e. The molecule has 162 valence electrons. The van der Waals surface area contributed by atoms with E-state index in [1.54, 1.807) is 29.6 Å². The zero-order valence-corrected chi connectivity index (χ0v) is 17.3. The molecular weight excluding hydrogens is 372 g/mol. The van der Waals surface area contributed by atoms with Gasteiger partial charge in [-0.15, -0.1) is 0 Å². The van der Waals surface area contributed by atoms with Crippen LogP contribution >= 0.6 is 0 Å². The van der Waals surface area contributed by atoms with Gasteiger partial charge in [0.2, 0.25) is 0 Å². The van der Waals surface area contributed by atoms with Gasteiger partial charge >= 0.3 is 18.1 Å². The first kappa shape index (κ1) is 24.3. The number of carbonyl (C=O) groups is 3. The van der Waals surface area contributed by atoms with E-state index in [0.717, 1.165) is 12.2 Å². The average molecular weight is 407 g/mol. The van der Waals surface area contributed by atoms with Crippen LogP contribution in [0.3, 0.4) is 0 Å². The summed E-state index contributed by atoms with van der Waals surface area (Å²) in [4.78, 5) is 33.3. The Hall–Kier alpha value is -2.77. The van der Waals surface area contributed by atoms with Crippen LogP contribution in [0.2, 0.25) is 0 Å². The van der Waals surface area contributed by atoms with Gasteiger partial charge in [0.05, 0.1) is 6.61 Å². The highest BCUT2D eigenvalue weighted by Crippen LogP contribution is 2.16. The van der Waals surface area contributed by atoms with Gasteiger partial charge in [0.25, 0.3) is 0 Å². The third-order valence-electron chi connectivity index (χ3n) is 4.34. The predicted octanol–water partition coefficient (Wildman–Crippen LogP) is 4.90. The summed E-state index contributed by atoms with van der Waals surface area (Å²) in [5.74, 6) is 0.721. The number of imide groups is 2. The van der Waals surface area contributed by atoms with Gasteiger partial charge in [0.1, 0.15) is 5.75 Å². The zero-order chi connectivity index (χ0) is 21.3. The SMILES string of the molecule is CCCCCCCCCCCCOc1ccc(NC(=O)NC(=O)NC(N)=O)cc1. The molecule has 0 bridgehead atoms. The Bertz CT molecular complexity index is 620. The maximum atomic E-state index is 11.6. The van der Waals surface area contributed by atoms with Gasteiger partial charge in [-0.25, -0.2) is 14.4 Å². The normalized spacial score (nSPS) is 10.2. The van der Waals surface area contributed by atoms with E-state index >= 15 is 0 Å². The summed E-state index contributed by atoms with van der Waals surface area (Å²) in [5.41, 5.74) is 5.27. The van der Waals surface area contributed by atoms with Crippen molar-refractivity contribution in [1.82, 2.24) is 10.6 Å². The lowest BCUT2D eigenvalue weighted by Crippen LogP contribution is -2.46. The molecule has 1 aromatic rings. The Balaban J connectivity index is 2.10. The van der Waals surface area contributed by atoms with Crippen LogP contribution in [-0.2, 0) is 0 Å². The monoisotopic (exact) mass is 406 g/mol. The van der Waals surface area contributed by atoms with Gasteiger partial charge in [0, 0.05) is 5.69 Å². The Labute approximate surface area is 172 Å². The van der Waals surface area contributed by atoms with E-state index in [2.05, 4.69) is 12.2 Å². The number of hydrogen-bond donors (Lipinski definition) is 4. The van der Waals surface area contributed by atoms with Crippen LogP contribution in [0.1, 0.15) is 71.1 Å². The van der Waals surface area contributed by atoms with Gasteiger partial charge in [-0.1, -0.05) is 64.7 Å². The number of amides is 6. The second kappa shape index (κ2) is 15.2. The number of primary amides is 1. The van der Waals surface area contributed by atoms with Crippen molar-refractivity contribution in [2.24, 2.45) is 5.73 Å². The largest absolute Gasteiger partial charge is 0.494 e. The molecule has 0 saturated carbocycles. The molecule has 6 amide bonds. The number of nitrogens with one attached hydrogen (secondary N) is 3. The van der Waals surface area contributed by atoms with Crippen LogP contribution in [-0.4, -0.2) is 24.7 Å². The lowest BCUT2D eigenvalue weighted by Gasteiger charge is -2.09. The van der Waals surface area contributed by atoms with Crippen molar-refractivity contribution in [2.45, 2.75) is 71.1 Å². The molecule has 0 aromatic heterocycles. The second-order valence-corrected chi connectivity index (χ2v) is 6.95. The van der Waals surface area contributed by atoms with Crippen molar-refractivity contribution in [2.75, 3.05) is 11.9 Å². The number of unbranched alkanes of at least 4 members (excludes halogenated alkanes) is 9. The summed E-state index contributed by atoms with van der Waals surface area (Å²) < 4.78 is 5.70. The van der Waals surface area contributed by atoms with Gasteiger partial charge < -0.3 is 15.8 Å². The number of rotatable bonds is 13. The van der Waals surface area contributed by atoms with Crippen LogP contribution < -0.4 is 26.4 Å². The number of anilines is 1. The first-order chi connectivity index (χ1) is 14.0. The second-order valence-electron chi connectivity index (χ2n) is 6.95. The maximum absolute atomic E-state index is 11.6. The van der Waals surface area contributed by atoms with E-state index in [-0.39, 0.29) is 0 Å². The van der Waals surface area contributed by atoms with Crippen molar-refractivity contribution in [1.29, 1.82) is 0 Å². The number of carbonyl (C=O) groups excluding carboxylic acids is 3. The quantitative estimate of drug-likeness (QED) is 0.348. The highest BCUT2D eigenvalue weighted by Gasteiger charge is 2.09. The fourth-order valence-corrected chi connectivity index (χ4v) is 2.82. The standard InChI is InChI=1S/C21H34N4O4/c1-2-3-4-5-6-7-8-9-10-11-16-29-18-14-12-17(13-15-18)23-20(27)25-21(28)24-19(22)26/h12-15H,2-11,16H2,1H3,(H5,22,23,24,25,26,27,28). The molecule has 0 aliphatic rings. The molecule has 0 radical (unpaired) electrons. The van der Waals surface area contributed by atoms with Gasteiger partial charge in [-0.2, -0.15) is 0 Å². The molecule has 1 aromatic carbocycles. The van der Waals surface area contributed by atoms with Crippen molar-refractivity contribution in [3.05, 3.63) is 24.3 Å². The van der Waals surface area contributed by atoms with Crippen LogP contribution in [0.4, 0.5) is 20.1 Å². The molecule has 1 rings (SSSR count). The first-order valence-electron chi connectivity index (χ1n) is 10.4. The minimum atomic E-state index is -1.04. The van der Waals surface area contributed by atoms with E-state index < -0.39 is 18.1 Å². The summed E-state index contributed by atoms with van der Waals surface area (Å²) in [7, 11) is 0. The lowest BCUT2D eigenvalue weighted by atomic mass is 10.1. The van der Waals surface area contributed by atoms with Crippen molar-refractivity contribution >= 4 is 23.8 Å². The summed E-state index contributed by atoms with van der Waals surface area (Å²) in [6, 6.07) is 4.01. The van der Waals surface area contributed by atoms with Crippen molar-refractivity contribution < 1.29 is 19.1 Å². The summed E-state index contributed by atoms with van der Waals surface area (Å²) in [5, 5.41) is 6.12. The van der Waals surface area contributed by atoms with E-state index in [4.69, 9.17) is 10.5 Å². The van der Waals surface area contributed by atoms with Crippen LogP contribution in [0, 0.1) is 0 Å². The average Bonchev–Trinajstić information content (AvgIpc) is 2.66. The third kappa shape index (κ3) is 13.1. The number of benzene rings is 1. The van der Waals surface area contributed by atoms with E-state index in [9.17, 15) is 14.4 Å². The Morgan fingerprint density at radius 3 is 1.90 bits per heavy atom. The summed E-state index contributed by atoms with van der Waals surface area (Å²) >= 11 is 0. The first-order valence-corrected chi connectivity index (χ1v) is 10.4. The van der Waals surface area contributed by atoms with E-state index in [1.807, 2.05) is 5.32 Å².